The number of carbonyl (C=O) groups excluding carboxylic acids is 1. The second kappa shape index (κ2) is 8.47. The molecule has 1 N–H and O–H groups in total. The zero-order valence-corrected chi connectivity index (χ0v) is 14.6. The molecule has 2 aromatic rings. The molecular weight excluding hydrogens is 335 g/mol. The van der Waals surface area contributed by atoms with Gasteiger partial charge in [-0.2, -0.15) is 0 Å². The third-order valence-corrected chi connectivity index (χ3v) is 4.19. The normalized spacial score (nSPS) is 15.9. The lowest BCUT2D eigenvalue weighted by Crippen LogP contribution is -2.36. The Morgan fingerprint density at radius 3 is 2.85 bits per heavy atom. The molecule has 0 bridgehead atoms. The Labute approximate surface area is 151 Å². The van der Waals surface area contributed by atoms with E-state index >= 15 is 0 Å². The molecule has 0 aliphatic carbocycles. The van der Waals surface area contributed by atoms with Gasteiger partial charge in [0, 0.05) is 19.4 Å². The van der Waals surface area contributed by atoms with Crippen molar-refractivity contribution in [1.29, 1.82) is 0 Å². The number of halogens is 1. The molecule has 1 unspecified atom stereocenters. The first kappa shape index (κ1) is 17.9. The van der Waals surface area contributed by atoms with Crippen LogP contribution in [0.2, 0.25) is 0 Å². The number of carbonyl (C=O) groups is 1. The SMILES string of the molecule is COc1cccc(CCNC(=O)C2CC(Cc3ccc(F)cc3)=NO2)c1. The van der Waals surface area contributed by atoms with Crippen LogP contribution in [0.3, 0.4) is 0 Å². The second-order valence-corrected chi connectivity index (χ2v) is 6.15. The molecule has 3 rings (SSSR count). The molecule has 0 fully saturated rings. The van der Waals surface area contributed by atoms with Gasteiger partial charge >= 0.3 is 0 Å². The maximum Gasteiger partial charge on any atom is 0.264 e. The molecule has 0 saturated carbocycles. The predicted molar refractivity (Wildman–Crippen MR) is 96.7 cm³/mol. The third-order valence-electron chi connectivity index (χ3n) is 4.19. The molecule has 1 atom stereocenters. The van der Waals surface area contributed by atoms with E-state index in [0.29, 0.717) is 25.8 Å². The van der Waals surface area contributed by atoms with E-state index in [1.807, 2.05) is 24.3 Å². The molecule has 26 heavy (non-hydrogen) atoms. The van der Waals surface area contributed by atoms with Crippen molar-refractivity contribution in [3.8, 4) is 5.75 Å². The number of nitrogens with one attached hydrogen (secondary N) is 1. The van der Waals surface area contributed by atoms with Gasteiger partial charge in [0.2, 0.25) is 6.10 Å². The number of ether oxygens (including phenoxy) is 1. The molecule has 1 amide bonds. The first-order chi connectivity index (χ1) is 12.6. The highest BCUT2D eigenvalue weighted by Crippen LogP contribution is 2.16. The summed E-state index contributed by atoms with van der Waals surface area (Å²) in [4.78, 5) is 17.5. The largest absolute Gasteiger partial charge is 0.497 e. The van der Waals surface area contributed by atoms with Crippen LogP contribution in [0.25, 0.3) is 0 Å². The molecule has 1 aliphatic rings. The number of oxime groups is 1. The van der Waals surface area contributed by atoms with Gasteiger partial charge in [-0.1, -0.05) is 29.4 Å². The number of nitrogens with zero attached hydrogens (tertiary/aromatic N) is 1. The number of methoxy groups -OCH3 is 1. The molecule has 0 saturated heterocycles. The Hall–Kier alpha value is -2.89. The number of benzene rings is 2. The average Bonchev–Trinajstić information content (AvgIpc) is 3.12. The van der Waals surface area contributed by atoms with Crippen molar-refractivity contribution in [3.63, 3.8) is 0 Å². The van der Waals surface area contributed by atoms with E-state index in [1.165, 1.54) is 12.1 Å². The minimum atomic E-state index is -0.601. The van der Waals surface area contributed by atoms with Gasteiger partial charge in [0.25, 0.3) is 5.91 Å². The number of hydrogen-bond acceptors (Lipinski definition) is 4. The maximum atomic E-state index is 12.9. The first-order valence-electron chi connectivity index (χ1n) is 8.50. The second-order valence-electron chi connectivity index (χ2n) is 6.15. The van der Waals surface area contributed by atoms with Crippen LogP contribution in [0.1, 0.15) is 17.5 Å². The van der Waals surface area contributed by atoms with E-state index in [-0.39, 0.29) is 11.7 Å². The Morgan fingerprint density at radius 1 is 1.27 bits per heavy atom. The van der Waals surface area contributed by atoms with E-state index in [4.69, 9.17) is 9.57 Å². The van der Waals surface area contributed by atoms with Crippen molar-refractivity contribution >= 4 is 11.6 Å². The van der Waals surface area contributed by atoms with E-state index in [2.05, 4.69) is 10.5 Å². The lowest BCUT2D eigenvalue weighted by Gasteiger charge is -2.10. The lowest BCUT2D eigenvalue weighted by atomic mass is 10.0. The zero-order chi connectivity index (χ0) is 18.4. The Balaban J connectivity index is 1.42. The summed E-state index contributed by atoms with van der Waals surface area (Å²) >= 11 is 0. The zero-order valence-electron chi connectivity index (χ0n) is 14.6. The summed E-state index contributed by atoms with van der Waals surface area (Å²) in [6.45, 7) is 0.513. The van der Waals surface area contributed by atoms with Crippen molar-refractivity contribution in [2.45, 2.75) is 25.4 Å². The van der Waals surface area contributed by atoms with Crippen LogP contribution < -0.4 is 10.1 Å². The number of hydrogen-bond donors (Lipinski definition) is 1. The van der Waals surface area contributed by atoms with Gasteiger partial charge in [0.1, 0.15) is 11.6 Å². The van der Waals surface area contributed by atoms with Crippen molar-refractivity contribution in [2.75, 3.05) is 13.7 Å². The molecule has 1 heterocycles. The molecular formula is C20H21FN2O3. The predicted octanol–water partition coefficient (Wildman–Crippen LogP) is 2.88. The van der Waals surface area contributed by atoms with Gasteiger partial charge in [-0.05, 0) is 41.8 Å². The van der Waals surface area contributed by atoms with Gasteiger partial charge < -0.3 is 14.9 Å². The molecule has 6 heteroatoms. The summed E-state index contributed by atoms with van der Waals surface area (Å²) in [6.07, 6.45) is 1.10. The van der Waals surface area contributed by atoms with Crippen molar-refractivity contribution in [3.05, 3.63) is 65.5 Å². The van der Waals surface area contributed by atoms with Crippen LogP contribution >= 0.6 is 0 Å². The Bertz CT molecular complexity index is 790. The number of rotatable bonds is 7. The van der Waals surface area contributed by atoms with Crippen LogP contribution in [0, 0.1) is 5.82 Å². The van der Waals surface area contributed by atoms with Crippen molar-refractivity contribution in [2.24, 2.45) is 5.16 Å². The minimum absolute atomic E-state index is 0.175. The highest BCUT2D eigenvalue weighted by Gasteiger charge is 2.27. The fourth-order valence-corrected chi connectivity index (χ4v) is 2.78. The molecule has 0 spiro atoms. The topological polar surface area (TPSA) is 59.9 Å². The Kier molecular flexibility index (Phi) is 5.84. The van der Waals surface area contributed by atoms with Crippen LogP contribution in [-0.2, 0) is 22.5 Å². The van der Waals surface area contributed by atoms with Gasteiger partial charge in [-0.3, -0.25) is 4.79 Å². The van der Waals surface area contributed by atoms with E-state index in [0.717, 1.165) is 22.6 Å². The molecule has 1 aliphatic heterocycles. The van der Waals surface area contributed by atoms with Crippen LogP contribution in [0.5, 0.6) is 5.75 Å². The highest BCUT2D eigenvalue weighted by atomic mass is 19.1. The maximum absolute atomic E-state index is 12.9. The van der Waals surface area contributed by atoms with Crippen molar-refractivity contribution < 1.29 is 18.8 Å². The lowest BCUT2D eigenvalue weighted by molar-refractivity contribution is -0.131. The highest BCUT2D eigenvalue weighted by molar-refractivity contribution is 5.93. The van der Waals surface area contributed by atoms with E-state index in [1.54, 1.807) is 19.2 Å². The van der Waals surface area contributed by atoms with Crippen LogP contribution in [-0.4, -0.2) is 31.4 Å². The fourth-order valence-electron chi connectivity index (χ4n) is 2.78. The monoisotopic (exact) mass is 356 g/mol. The molecule has 136 valence electrons. The third kappa shape index (κ3) is 4.81. The standard InChI is InChI=1S/C20H21FN2O3/c1-25-18-4-2-3-14(12-18)9-10-22-20(24)19-13-17(23-26-19)11-15-5-7-16(21)8-6-15/h2-8,12,19H,9-11,13H2,1H3,(H,22,24). The van der Waals surface area contributed by atoms with E-state index in [9.17, 15) is 9.18 Å². The van der Waals surface area contributed by atoms with Crippen LogP contribution in [0.4, 0.5) is 4.39 Å². The average molecular weight is 356 g/mol. The van der Waals surface area contributed by atoms with E-state index < -0.39 is 6.10 Å². The first-order valence-corrected chi connectivity index (χ1v) is 8.50. The molecule has 0 aromatic heterocycles. The van der Waals surface area contributed by atoms with Crippen molar-refractivity contribution in [1.82, 2.24) is 5.32 Å². The summed E-state index contributed by atoms with van der Waals surface area (Å²) in [7, 11) is 1.63. The van der Waals surface area contributed by atoms with Gasteiger partial charge in [-0.15, -0.1) is 0 Å². The summed E-state index contributed by atoms with van der Waals surface area (Å²) < 4.78 is 18.1. The van der Waals surface area contributed by atoms with Gasteiger partial charge in [0.05, 0.1) is 12.8 Å². The summed E-state index contributed by atoms with van der Waals surface area (Å²) in [5.74, 6) is 0.351. The molecule has 2 aromatic carbocycles. The quantitative estimate of drug-likeness (QED) is 0.830. The summed E-state index contributed by atoms with van der Waals surface area (Å²) in [6, 6.07) is 14.0. The smallest absolute Gasteiger partial charge is 0.264 e. The molecule has 0 radical (unpaired) electrons. The summed E-state index contributed by atoms with van der Waals surface area (Å²) in [5.41, 5.74) is 2.81. The minimum Gasteiger partial charge on any atom is -0.497 e. The fraction of sp³-hybridized carbons (Fsp3) is 0.300. The van der Waals surface area contributed by atoms with Gasteiger partial charge in [0.15, 0.2) is 0 Å². The van der Waals surface area contributed by atoms with Gasteiger partial charge in [-0.25, -0.2) is 4.39 Å². The Morgan fingerprint density at radius 2 is 2.08 bits per heavy atom. The molecule has 5 nitrogen and oxygen atoms in total. The van der Waals surface area contributed by atoms with Crippen LogP contribution in [0.15, 0.2) is 53.7 Å². The number of amides is 1. The summed E-state index contributed by atoms with van der Waals surface area (Å²) in [5, 5.41) is 6.87.